The van der Waals surface area contributed by atoms with Crippen molar-refractivity contribution < 1.29 is 9.13 Å². The number of methoxy groups -OCH3 is 1. The molecule has 33 heavy (non-hydrogen) atoms. The van der Waals surface area contributed by atoms with Crippen molar-refractivity contribution in [2.45, 2.75) is 51.5 Å². The van der Waals surface area contributed by atoms with Crippen molar-refractivity contribution in [2.75, 3.05) is 26.8 Å². The van der Waals surface area contributed by atoms with E-state index in [1.807, 2.05) is 16.7 Å². The quantitative estimate of drug-likeness (QED) is 0.463. The summed E-state index contributed by atoms with van der Waals surface area (Å²) in [5, 5.41) is 3.32. The molecular formula is C26H33FN4O2. The first kappa shape index (κ1) is 23.5. The molecule has 1 aliphatic rings. The van der Waals surface area contributed by atoms with Gasteiger partial charge in [0, 0.05) is 25.8 Å². The number of fused-ring (bicyclic) bond motifs is 1. The molecule has 3 aromatic rings. The lowest BCUT2D eigenvalue weighted by Gasteiger charge is -2.23. The first-order valence-electron chi connectivity index (χ1n) is 12.0. The standard InChI is InChI=1S/C26H33FN4O2/c1-33-17-16-28-15-5-8-24-26(32)31(18-19-6-3-2-4-7-19)25-23(29-24)14-13-22(30-25)20-9-11-21(27)12-10-20/h9-14,19,28H,2-8,15-18H2,1H3. The van der Waals surface area contributed by atoms with Gasteiger partial charge in [-0.1, -0.05) is 19.3 Å². The molecule has 7 heteroatoms. The van der Waals surface area contributed by atoms with E-state index in [-0.39, 0.29) is 11.4 Å². The minimum absolute atomic E-state index is 0.0336. The Bertz CT molecular complexity index is 1110. The molecule has 0 unspecified atom stereocenters. The summed E-state index contributed by atoms with van der Waals surface area (Å²) in [5.74, 6) is 0.207. The summed E-state index contributed by atoms with van der Waals surface area (Å²) in [6, 6.07) is 10.1. The molecule has 176 valence electrons. The fourth-order valence-corrected chi connectivity index (χ4v) is 4.59. The van der Waals surface area contributed by atoms with Gasteiger partial charge in [0.15, 0.2) is 5.65 Å². The number of hydrogen-bond donors (Lipinski definition) is 1. The third kappa shape index (κ3) is 6.03. The smallest absolute Gasteiger partial charge is 0.273 e. The molecule has 1 saturated carbocycles. The monoisotopic (exact) mass is 452 g/mol. The van der Waals surface area contributed by atoms with Crippen LogP contribution >= 0.6 is 0 Å². The Morgan fingerprint density at radius 1 is 1.06 bits per heavy atom. The number of nitrogens with zero attached hydrogens (tertiary/aromatic N) is 3. The highest BCUT2D eigenvalue weighted by Crippen LogP contribution is 2.26. The van der Waals surface area contributed by atoms with Crippen molar-refractivity contribution in [3.63, 3.8) is 0 Å². The van der Waals surface area contributed by atoms with Crippen LogP contribution in [0.2, 0.25) is 0 Å². The van der Waals surface area contributed by atoms with Crippen molar-refractivity contribution in [3.8, 4) is 11.3 Å². The van der Waals surface area contributed by atoms with E-state index >= 15 is 0 Å². The zero-order valence-corrected chi connectivity index (χ0v) is 19.4. The maximum Gasteiger partial charge on any atom is 0.273 e. The third-order valence-electron chi connectivity index (χ3n) is 6.41. The van der Waals surface area contributed by atoms with Crippen LogP contribution in [0.3, 0.4) is 0 Å². The van der Waals surface area contributed by atoms with Gasteiger partial charge in [-0.15, -0.1) is 0 Å². The van der Waals surface area contributed by atoms with E-state index in [1.54, 1.807) is 19.2 Å². The van der Waals surface area contributed by atoms with Crippen molar-refractivity contribution in [3.05, 3.63) is 58.3 Å². The van der Waals surface area contributed by atoms with Crippen LogP contribution in [-0.4, -0.2) is 41.3 Å². The zero-order chi connectivity index (χ0) is 23.0. The van der Waals surface area contributed by atoms with E-state index in [0.29, 0.717) is 36.8 Å². The van der Waals surface area contributed by atoms with E-state index in [9.17, 15) is 9.18 Å². The molecule has 1 fully saturated rings. The number of aromatic nitrogens is 3. The van der Waals surface area contributed by atoms with Crippen LogP contribution in [0.15, 0.2) is 41.2 Å². The average Bonchev–Trinajstić information content (AvgIpc) is 2.84. The number of rotatable bonds is 10. The van der Waals surface area contributed by atoms with Crippen molar-refractivity contribution in [1.29, 1.82) is 0 Å². The number of ether oxygens (including phenoxy) is 1. The van der Waals surface area contributed by atoms with Gasteiger partial charge in [0.1, 0.15) is 17.0 Å². The lowest BCUT2D eigenvalue weighted by molar-refractivity contribution is 0.199. The van der Waals surface area contributed by atoms with Gasteiger partial charge in [-0.3, -0.25) is 9.36 Å². The molecule has 0 bridgehead atoms. The van der Waals surface area contributed by atoms with Crippen LogP contribution in [0.25, 0.3) is 22.4 Å². The van der Waals surface area contributed by atoms with Crippen molar-refractivity contribution in [2.24, 2.45) is 5.92 Å². The molecule has 0 amide bonds. The Morgan fingerprint density at radius 3 is 2.61 bits per heavy atom. The molecule has 0 radical (unpaired) electrons. The van der Waals surface area contributed by atoms with Crippen LogP contribution in [0.5, 0.6) is 0 Å². The summed E-state index contributed by atoms with van der Waals surface area (Å²) >= 11 is 0. The summed E-state index contributed by atoms with van der Waals surface area (Å²) < 4.78 is 20.3. The van der Waals surface area contributed by atoms with Gasteiger partial charge < -0.3 is 10.1 Å². The maximum absolute atomic E-state index is 13.5. The lowest BCUT2D eigenvalue weighted by atomic mass is 9.89. The van der Waals surface area contributed by atoms with Crippen LogP contribution in [0.4, 0.5) is 4.39 Å². The zero-order valence-electron chi connectivity index (χ0n) is 19.4. The minimum Gasteiger partial charge on any atom is -0.383 e. The van der Waals surface area contributed by atoms with Crippen molar-refractivity contribution >= 4 is 11.2 Å². The Morgan fingerprint density at radius 2 is 1.85 bits per heavy atom. The summed E-state index contributed by atoms with van der Waals surface area (Å²) in [6.45, 7) is 2.96. The number of halogens is 1. The highest BCUT2D eigenvalue weighted by atomic mass is 19.1. The fraction of sp³-hybridized carbons (Fsp3) is 0.500. The molecule has 2 heterocycles. The summed E-state index contributed by atoms with van der Waals surface area (Å²) in [5.41, 5.74) is 3.46. The summed E-state index contributed by atoms with van der Waals surface area (Å²) in [7, 11) is 1.69. The fourth-order valence-electron chi connectivity index (χ4n) is 4.59. The van der Waals surface area contributed by atoms with E-state index < -0.39 is 0 Å². The maximum atomic E-state index is 13.5. The van der Waals surface area contributed by atoms with E-state index in [2.05, 4.69) is 5.32 Å². The van der Waals surface area contributed by atoms with Gasteiger partial charge in [-0.25, -0.2) is 14.4 Å². The van der Waals surface area contributed by atoms with Gasteiger partial charge in [0.2, 0.25) is 0 Å². The molecule has 2 aromatic heterocycles. The Hall–Kier alpha value is -2.64. The highest BCUT2D eigenvalue weighted by molar-refractivity contribution is 5.75. The first-order valence-corrected chi connectivity index (χ1v) is 12.0. The normalized spacial score (nSPS) is 14.7. The van der Waals surface area contributed by atoms with Gasteiger partial charge in [-0.2, -0.15) is 0 Å². The minimum atomic E-state index is -0.281. The number of nitrogens with one attached hydrogen (secondary N) is 1. The van der Waals surface area contributed by atoms with Crippen LogP contribution < -0.4 is 10.9 Å². The molecule has 1 N–H and O–H groups in total. The predicted molar refractivity (Wildman–Crippen MR) is 129 cm³/mol. The van der Waals surface area contributed by atoms with E-state index in [1.165, 1.54) is 31.4 Å². The SMILES string of the molecule is COCCNCCCc1nc2ccc(-c3ccc(F)cc3)nc2n(CC2CCCCC2)c1=O. The van der Waals surface area contributed by atoms with Crippen LogP contribution in [0.1, 0.15) is 44.2 Å². The van der Waals surface area contributed by atoms with E-state index in [0.717, 1.165) is 49.1 Å². The second-order valence-corrected chi connectivity index (χ2v) is 8.87. The average molecular weight is 453 g/mol. The molecule has 0 aliphatic heterocycles. The topological polar surface area (TPSA) is 69.0 Å². The van der Waals surface area contributed by atoms with E-state index in [4.69, 9.17) is 14.7 Å². The van der Waals surface area contributed by atoms with Crippen molar-refractivity contribution in [1.82, 2.24) is 19.9 Å². The molecule has 1 aromatic carbocycles. The first-order chi connectivity index (χ1) is 16.2. The largest absolute Gasteiger partial charge is 0.383 e. The number of hydrogen-bond acceptors (Lipinski definition) is 5. The summed E-state index contributed by atoms with van der Waals surface area (Å²) in [4.78, 5) is 23.0. The predicted octanol–water partition coefficient (Wildman–Crippen LogP) is 4.35. The van der Waals surface area contributed by atoms with Gasteiger partial charge in [0.05, 0.1) is 12.3 Å². The lowest BCUT2D eigenvalue weighted by Crippen LogP contribution is -2.30. The molecule has 0 saturated heterocycles. The molecule has 4 rings (SSSR count). The number of benzene rings is 1. The number of pyridine rings is 1. The highest BCUT2D eigenvalue weighted by Gasteiger charge is 2.19. The van der Waals surface area contributed by atoms with Crippen LogP contribution in [0, 0.1) is 11.7 Å². The summed E-state index contributed by atoms with van der Waals surface area (Å²) in [6.07, 6.45) is 7.46. The Kier molecular flexibility index (Phi) is 8.18. The number of aryl methyl sites for hydroxylation is 1. The second-order valence-electron chi connectivity index (χ2n) is 8.87. The molecule has 0 atom stereocenters. The molecule has 1 aliphatic carbocycles. The molecule has 6 nitrogen and oxygen atoms in total. The third-order valence-corrected chi connectivity index (χ3v) is 6.41. The van der Waals surface area contributed by atoms with Gasteiger partial charge in [-0.05, 0) is 74.5 Å². The second kappa shape index (κ2) is 11.5. The Balaban J connectivity index is 1.65. The molecule has 0 spiro atoms. The van der Waals surface area contributed by atoms with Crippen LogP contribution in [-0.2, 0) is 17.7 Å². The van der Waals surface area contributed by atoms with Gasteiger partial charge in [0.25, 0.3) is 5.56 Å². The Labute approximate surface area is 194 Å². The van der Waals surface area contributed by atoms with Gasteiger partial charge >= 0.3 is 0 Å². The molecular weight excluding hydrogens is 419 g/mol.